The number of carbonyl (C=O) groups excluding carboxylic acids is 3. The molecule has 3 fully saturated rings. The Hall–Kier alpha value is -1.03. The highest BCUT2D eigenvalue weighted by atomic mass is 16.5. The first-order chi connectivity index (χ1) is 11.2. The molecule has 3 rings (SSSR count). The minimum absolute atomic E-state index is 0.0129. The van der Waals surface area contributed by atoms with Gasteiger partial charge in [0.25, 0.3) is 0 Å². The Morgan fingerprint density at radius 1 is 1.33 bits per heavy atom. The third-order valence-corrected chi connectivity index (χ3v) is 7.26. The minimum Gasteiger partial charge on any atom is -0.375 e. The van der Waals surface area contributed by atoms with E-state index in [0.717, 1.165) is 25.5 Å². The number of hydrogen-bond acceptors (Lipinski definition) is 4. The van der Waals surface area contributed by atoms with Gasteiger partial charge in [-0.2, -0.15) is 0 Å². The zero-order chi connectivity index (χ0) is 17.7. The Labute approximate surface area is 144 Å². The molecule has 4 heteroatoms. The molecule has 3 aliphatic rings. The van der Waals surface area contributed by atoms with Gasteiger partial charge in [0.1, 0.15) is 17.9 Å². The molecule has 2 saturated carbocycles. The Balaban J connectivity index is 2.04. The van der Waals surface area contributed by atoms with Gasteiger partial charge < -0.3 is 14.3 Å². The Morgan fingerprint density at radius 3 is 2.67 bits per heavy atom. The molecule has 2 bridgehead atoms. The average molecular weight is 334 g/mol. The van der Waals surface area contributed by atoms with Gasteiger partial charge in [-0.25, -0.2) is 0 Å². The van der Waals surface area contributed by atoms with Gasteiger partial charge in [0.15, 0.2) is 0 Å². The Bertz CT molecular complexity index is 552. The average Bonchev–Trinajstić information content (AvgIpc) is 2.54. The van der Waals surface area contributed by atoms with Crippen LogP contribution in [0, 0.1) is 35.0 Å². The van der Waals surface area contributed by atoms with Crippen LogP contribution in [0.2, 0.25) is 0 Å². The van der Waals surface area contributed by atoms with Gasteiger partial charge in [0.05, 0.1) is 12.2 Å². The number of Topliss-reactive ketones (excluding diaryl/α,β-unsaturated/α-hetero) is 2. The predicted octanol–water partition coefficient (Wildman–Crippen LogP) is 3.22. The molecule has 0 radical (unpaired) electrons. The van der Waals surface area contributed by atoms with Gasteiger partial charge in [0, 0.05) is 24.7 Å². The predicted molar refractivity (Wildman–Crippen MR) is 90.4 cm³/mol. The first-order valence-electron chi connectivity index (χ1n) is 9.30. The Morgan fingerprint density at radius 2 is 2.04 bits per heavy atom. The van der Waals surface area contributed by atoms with Crippen LogP contribution in [0.25, 0.3) is 0 Å². The lowest BCUT2D eigenvalue weighted by atomic mass is 9.56. The van der Waals surface area contributed by atoms with Crippen LogP contribution in [0.15, 0.2) is 0 Å². The molecule has 1 aliphatic heterocycles. The highest BCUT2D eigenvalue weighted by molar-refractivity contribution is 5.89. The van der Waals surface area contributed by atoms with Crippen molar-refractivity contribution in [3.05, 3.63) is 0 Å². The summed E-state index contributed by atoms with van der Waals surface area (Å²) in [5.74, 6) is 0.486. The molecule has 0 unspecified atom stereocenters. The van der Waals surface area contributed by atoms with Gasteiger partial charge in [-0.3, -0.25) is 4.79 Å². The zero-order valence-electron chi connectivity index (χ0n) is 15.3. The lowest BCUT2D eigenvalue weighted by Gasteiger charge is -2.53. The van der Waals surface area contributed by atoms with Crippen LogP contribution in [-0.2, 0) is 19.1 Å². The Kier molecular flexibility index (Phi) is 4.48. The van der Waals surface area contributed by atoms with Crippen LogP contribution < -0.4 is 0 Å². The van der Waals surface area contributed by atoms with Crippen molar-refractivity contribution in [1.29, 1.82) is 0 Å². The van der Waals surface area contributed by atoms with Gasteiger partial charge >= 0.3 is 0 Å². The lowest BCUT2D eigenvalue weighted by molar-refractivity contribution is -0.174. The summed E-state index contributed by atoms with van der Waals surface area (Å²) in [6.07, 6.45) is 4.62. The highest BCUT2D eigenvalue weighted by Gasteiger charge is 2.58. The fourth-order valence-corrected chi connectivity index (χ4v) is 6.00. The van der Waals surface area contributed by atoms with Gasteiger partial charge in [-0.05, 0) is 63.2 Å². The summed E-state index contributed by atoms with van der Waals surface area (Å²) in [5, 5.41) is 0. The molecule has 6 atom stereocenters. The van der Waals surface area contributed by atoms with Gasteiger partial charge in [-0.15, -0.1) is 0 Å². The van der Waals surface area contributed by atoms with Crippen molar-refractivity contribution in [1.82, 2.24) is 0 Å². The topological polar surface area (TPSA) is 60.4 Å². The second-order valence-corrected chi connectivity index (χ2v) is 9.11. The summed E-state index contributed by atoms with van der Waals surface area (Å²) >= 11 is 0. The summed E-state index contributed by atoms with van der Waals surface area (Å²) in [6.45, 7) is 8.53. The van der Waals surface area contributed by atoms with Crippen LogP contribution >= 0.6 is 0 Å². The number of carbonyl (C=O) groups is 3. The standard InChI is InChI=1S/C20H30O4/c1-12(22)9-13-17(6-8-21)20(4)7-5-16-14(10-20)15(18(13)23)11-24-19(16,2)3/h8,13-17H,5-7,9-11H2,1-4H3/t13-,14-,15-,16-,17-,20+/m1/s1. The molecule has 4 nitrogen and oxygen atoms in total. The van der Waals surface area contributed by atoms with Crippen LogP contribution in [0.5, 0.6) is 0 Å². The highest BCUT2D eigenvalue weighted by Crippen LogP contribution is 2.59. The molecule has 0 spiro atoms. The van der Waals surface area contributed by atoms with Crippen molar-refractivity contribution in [3.63, 3.8) is 0 Å². The number of rotatable bonds is 4. The molecule has 1 heterocycles. The number of ketones is 2. The molecule has 0 amide bonds. The van der Waals surface area contributed by atoms with E-state index >= 15 is 0 Å². The van der Waals surface area contributed by atoms with Crippen LogP contribution in [0.1, 0.15) is 59.8 Å². The number of aldehydes is 1. The van der Waals surface area contributed by atoms with Crippen molar-refractivity contribution in [2.24, 2.45) is 35.0 Å². The lowest BCUT2D eigenvalue weighted by Crippen LogP contribution is -2.53. The first kappa shape index (κ1) is 17.8. The molecule has 0 aromatic rings. The maximum atomic E-state index is 13.3. The van der Waals surface area contributed by atoms with Crippen molar-refractivity contribution < 1.29 is 19.1 Å². The van der Waals surface area contributed by atoms with Crippen LogP contribution in [0.4, 0.5) is 0 Å². The van der Waals surface area contributed by atoms with Crippen LogP contribution in [-0.4, -0.2) is 30.1 Å². The maximum Gasteiger partial charge on any atom is 0.142 e. The summed E-state index contributed by atoms with van der Waals surface area (Å²) in [4.78, 5) is 36.5. The molecule has 134 valence electrons. The van der Waals surface area contributed by atoms with Gasteiger partial charge in [-0.1, -0.05) is 6.92 Å². The summed E-state index contributed by atoms with van der Waals surface area (Å²) in [5.41, 5.74) is -0.219. The van der Waals surface area contributed by atoms with Crippen LogP contribution in [0.3, 0.4) is 0 Å². The van der Waals surface area contributed by atoms with Crippen molar-refractivity contribution in [3.8, 4) is 0 Å². The quantitative estimate of drug-likeness (QED) is 0.741. The van der Waals surface area contributed by atoms with Crippen molar-refractivity contribution in [2.45, 2.75) is 65.4 Å². The first-order valence-corrected chi connectivity index (χ1v) is 9.30. The maximum absolute atomic E-state index is 13.3. The van der Waals surface area contributed by atoms with E-state index in [1.54, 1.807) is 6.92 Å². The van der Waals surface area contributed by atoms with Crippen molar-refractivity contribution >= 4 is 17.9 Å². The second kappa shape index (κ2) is 6.05. The molecule has 0 aromatic carbocycles. The summed E-state index contributed by atoms with van der Waals surface area (Å²) in [6, 6.07) is 0. The molecule has 0 N–H and O–H groups in total. The fourth-order valence-electron chi connectivity index (χ4n) is 6.00. The number of fused-ring (bicyclic) bond motifs is 1. The van der Waals surface area contributed by atoms with E-state index in [2.05, 4.69) is 20.8 Å². The minimum atomic E-state index is -0.323. The van der Waals surface area contributed by atoms with E-state index in [-0.39, 0.29) is 46.8 Å². The van der Waals surface area contributed by atoms with E-state index in [4.69, 9.17) is 4.74 Å². The largest absolute Gasteiger partial charge is 0.375 e. The third kappa shape index (κ3) is 2.77. The monoisotopic (exact) mass is 334 g/mol. The molecule has 0 aromatic heterocycles. The fraction of sp³-hybridized carbons (Fsp3) is 0.850. The summed E-state index contributed by atoms with van der Waals surface area (Å²) in [7, 11) is 0. The zero-order valence-corrected chi connectivity index (χ0v) is 15.3. The number of hydrogen-bond donors (Lipinski definition) is 0. The van der Waals surface area contributed by atoms with Gasteiger partial charge in [0.2, 0.25) is 0 Å². The normalized spacial score (nSPS) is 43.8. The summed E-state index contributed by atoms with van der Waals surface area (Å²) < 4.78 is 6.10. The van der Waals surface area contributed by atoms with E-state index < -0.39 is 0 Å². The molecule has 2 aliphatic carbocycles. The SMILES string of the molecule is CC(=O)C[C@H]1C(=O)[C@@H]2COC(C)(C)[C@@H]3CC[C@@](C)(C[C@@H]32)[C@@H]1CC=O. The van der Waals surface area contributed by atoms with E-state index in [1.165, 1.54) is 0 Å². The molecule has 24 heavy (non-hydrogen) atoms. The smallest absolute Gasteiger partial charge is 0.142 e. The van der Waals surface area contributed by atoms with E-state index in [1.807, 2.05) is 0 Å². The third-order valence-electron chi connectivity index (χ3n) is 7.26. The second-order valence-electron chi connectivity index (χ2n) is 9.11. The molecule has 1 saturated heterocycles. The van der Waals surface area contributed by atoms with E-state index in [0.29, 0.717) is 24.9 Å². The molecular formula is C20H30O4. The van der Waals surface area contributed by atoms with E-state index in [9.17, 15) is 14.4 Å². The molecular weight excluding hydrogens is 304 g/mol. The van der Waals surface area contributed by atoms with Crippen molar-refractivity contribution in [2.75, 3.05) is 6.61 Å². The number of ether oxygens (including phenoxy) is 1.